The minimum absolute atomic E-state index is 0.0115. The molecule has 0 bridgehead atoms. The van der Waals surface area contributed by atoms with Gasteiger partial charge in [0.25, 0.3) is 10.2 Å². The third-order valence-electron chi connectivity index (χ3n) is 2.59. The van der Waals surface area contributed by atoms with Gasteiger partial charge in [0.05, 0.1) is 6.10 Å². The molecule has 0 unspecified atom stereocenters. The molecule has 17 heavy (non-hydrogen) atoms. The van der Waals surface area contributed by atoms with Crippen molar-refractivity contribution >= 4 is 10.2 Å². The van der Waals surface area contributed by atoms with Gasteiger partial charge >= 0.3 is 6.18 Å². The van der Waals surface area contributed by atoms with Gasteiger partial charge in [0.2, 0.25) is 0 Å². The maximum atomic E-state index is 11.9. The van der Waals surface area contributed by atoms with Crippen molar-refractivity contribution in [3.05, 3.63) is 0 Å². The van der Waals surface area contributed by atoms with E-state index < -0.39 is 29.0 Å². The van der Waals surface area contributed by atoms with Crippen molar-refractivity contribution in [2.45, 2.75) is 25.1 Å². The Morgan fingerprint density at radius 1 is 1.41 bits per heavy atom. The van der Waals surface area contributed by atoms with Crippen LogP contribution in [0.5, 0.6) is 0 Å². The Balaban J connectivity index is 2.41. The number of alkyl halides is 3. The van der Waals surface area contributed by atoms with Crippen molar-refractivity contribution in [1.29, 1.82) is 0 Å². The Morgan fingerprint density at radius 3 is 2.35 bits per heavy atom. The Kier molecular flexibility index (Phi) is 4.39. The van der Waals surface area contributed by atoms with Crippen LogP contribution in [-0.2, 0) is 10.2 Å². The molecule has 1 aliphatic rings. The molecular formula is C8H15F3N2O3S. The zero-order chi connectivity index (χ0) is 13.3. The van der Waals surface area contributed by atoms with E-state index in [1.165, 1.54) is 11.8 Å². The predicted octanol–water partition coefficient (Wildman–Crippen LogP) is 0.0858. The molecule has 0 heterocycles. The van der Waals surface area contributed by atoms with Crippen molar-refractivity contribution in [2.75, 3.05) is 20.1 Å². The van der Waals surface area contributed by atoms with E-state index in [0.717, 1.165) is 4.31 Å². The summed E-state index contributed by atoms with van der Waals surface area (Å²) in [6.45, 7) is -1.46. The highest BCUT2D eigenvalue weighted by molar-refractivity contribution is 7.87. The largest absolute Gasteiger partial charge is 0.402 e. The zero-order valence-corrected chi connectivity index (χ0v) is 10.1. The summed E-state index contributed by atoms with van der Waals surface area (Å²) in [6.07, 6.45) is -4.02. The standard InChI is InChI=1S/C8H15F3N2O3S/c1-13(4-6-2-7(14)3-6)17(15,16)12-5-8(9,10)11/h6-7,12,14H,2-5H2,1H3. The van der Waals surface area contributed by atoms with Gasteiger partial charge in [0, 0.05) is 13.6 Å². The summed E-state index contributed by atoms with van der Waals surface area (Å²) in [5, 5.41) is 9.01. The summed E-state index contributed by atoms with van der Waals surface area (Å²) >= 11 is 0. The van der Waals surface area contributed by atoms with E-state index in [1.54, 1.807) is 0 Å². The van der Waals surface area contributed by atoms with Gasteiger partial charge in [-0.3, -0.25) is 0 Å². The summed E-state index contributed by atoms with van der Waals surface area (Å²) in [5.74, 6) is 0.0115. The molecule has 5 nitrogen and oxygen atoms in total. The van der Waals surface area contributed by atoms with Crippen LogP contribution in [0.1, 0.15) is 12.8 Å². The van der Waals surface area contributed by atoms with Gasteiger partial charge in [-0.05, 0) is 18.8 Å². The van der Waals surface area contributed by atoms with E-state index in [1.807, 2.05) is 0 Å². The molecule has 2 N–H and O–H groups in total. The first kappa shape index (κ1) is 14.7. The molecule has 0 aromatic rings. The molecule has 0 aliphatic heterocycles. The number of aliphatic hydroxyl groups is 1. The number of hydrogen-bond acceptors (Lipinski definition) is 3. The third kappa shape index (κ3) is 4.78. The number of nitrogens with zero attached hydrogens (tertiary/aromatic N) is 1. The van der Waals surface area contributed by atoms with Gasteiger partial charge in [-0.1, -0.05) is 0 Å². The Hall–Kier alpha value is -0.380. The smallest absolute Gasteiger partial charge is 0.393 e. The summed E-state index contributed by atoms with van der Waals surface area (Å²) in [4.78, 5) is 0. The summed E-state index contributed by atoms with van der Waals surface area (Å²) in [6, 6.07) is 0. The molecule has 1 saturated carbocycles. The maximum absolute atomic E-state index is 11.9. The fraction of sp³-hybridized carbons (Fsp3) is 1.00. The molecule has 0 aromatic heterocycles. The average Bonchev–Trinajstić information content (AvgIpc) is 2.11. The molecule has 1 rings (SSSR count). The summed E-state index contributed by atoms with van der Waals surface area (Å²) < 4.78 is 60.7. The van der Waals surface area contributed by atoms with Crippen LogP contribution in [0.25, 0.3) is 0 Å². The molecule has 102 valence electrons. The molecule has 9 heteroatoms. The maximum Gasteiger partial charge on any atom is 0.402 e. The topological polar surface area (TPSA) is 69.6 Å². The fourth-order valence-corrected chi connectivity index (χ4v) is 2.57. The number of rotatable bonds is 5. The summed E-state index contributed by atoms with van der Waals surface area (Å²) in [7, 11) is -2.89. The summed E-state index contributed by atoms with van der Waals surface area (Å²) in [5.41, 5.74) is 0. The van der Waals surface area contributed by atoms with E-state index in [0.29, 0.717) is 12.8 Å². The third-order valence-corrected chi connectivity index (χ3v) is 4.07. The van der Waals surface area contributed by atoms with Crippen molar-refractivity contribution in [2.24, 2.45) is 5.92 Å². The first-order valence-corrected chi connectivity index (χ1v) is 6.50. The molecule has 0 radical (unpaired) electrons. The molecule has 0 spiro atoms. The highest BCUT2D eigenvalue weighted by Crippen LogP contribution is 2.28. The van der Waals surface area contributed by atoms with Gasteiger partial charge in [-0.2, -0.15) is 30.6 Å². The monoisotopic (exact) mass is 276 g/mol. The Bertz CT molecular complexity index is 352. The SMILES string of the molecule is CN(CC1CC(O)C1)S(=O)(=O)NCC(F)(F)F. The number of halogens is 3. The van der Waals surface area contributed by atoms with Crippen LogP contribution in [-0.4, -0.2) is 50.2 Å². The Morgan fingerprint density at radius 2 is 1.94 bits per heavy atom. The molecule has 0 aromatic carbocycles. The van der Waals surface area contributed by atoms with Gasteiger partial charge in [0.1, 0.15) is 6.54 Å². The lowest BCUT2D eigenvalue weighted by atomic mass is 9.82. The van der Waals surface area contributed by atoms with E-state index >= 15 is 0 Å². The molecule has 0 saturated heterocycles. The lowest BCUT2D eigenvalue weighted by molar-refractivity contribution is -0.121. The molecular weight excluding hydrogens is 261 g/mol. The minimum atomic E-state index is -4.57. The molecule has 1 fully saturated rings. The van der Waals surface area contributed by atoms with Gasteiger partial charge in [0.15, 0.2) is 0 Å². The number of aliphatic hydroxyl groups excluding tert-OH is 1. The lowest BCUT2D eigenvalue weighted by Crippen LogP contribution is -2.46. The van der Waals surface area contributed by atoms with E-state index in [4.69, 9.17) is 5.11 Å². The van der Waals surface area contributed by atoms with Crippen LogP contribution in [0.2, 0.25) is 0 Å². The van der Waals surface area contributed by atoms with Crippen LogP contribution >= 0.6 is 0 Å². The van der Waals surface area contributed by atoms with Crippen LogP contribution in [0.15, 0.2) is 0 Å². The van der Waals surface area contributed by atoms with E-state index in [2.05, 4.69) is 0 Å². The highest BCUT2D eigenvalue weighted by atomic mass is 32.2. The molecule has 1 aliphatic carbocycles. The first-order chi connectivity index (χ1) is 7.60. The average molecular weight is 276 g/mol. The zero-order valence-electron chi connectivity index (χ0n) is 9.24. The number of nitrogens with one attached hydrogen (secondary N) is 1. The number of hydrogen-bond donors (Lipinski definition) is 2. The first-order valence-electron chi connectivity index (χ1n) is 5.06. The van der Waals surface area contributed by atoms with Crippen LogP contribution in [0.4, 0.5) is 13.2 Å². The second-order valence-electron chi connectivity index (χ2n) is 4.21. The van der Waals surface area contributed by atoms with Gasteiger partial charge in [-0.15, -0.1) is 0 Å². The Labute approximate surface area is 97.8 Å². The van der Waals surface area contributed by atoms with Crippen molar-refractivity contribution in [3.63, 3.8) is 0 Å². The van der Waals surface area contributed by atoms with Crippen LogP contribution < -0.4 is 4.72 Å². The highest BCUT2D eigenvalue weighted by Gasteiger charge is 2.33. The van der Waals surface area contributed by atoms with Crippen molar-refractivity contribution in [3.8, 4) is 0 Å². The predicted molar refractivity (Wildman–Crippen MR) is 54.3 cm³/mol. The van der Waals surface area contributed by atoms with Crippen molar-refractivity contribution < 1.29 is 26.7 Å². The fourth-order valence-electron chi connectivity index (χ4n) is 1.59. The van der Waals surface area contributed by atoms with Crippen LogP contribution in [0, 0.1) is 5.92 Å². The van der Waals surface area contributed by atoms with Crippen LogP contribution in [0.3, 0.4) is 0 Å². The van der Waals surface area contributed by atoms with Gasteiger partial charge in [-0.25, -0.2) is 0 Å². The second-order valence-corrected chi connectivity index (χ2v) is 6.08. The quantitative estimate of drug-likeness (QED) is 0.747. The molecule has 0 amide bonds. The molecule has 0 atom stereocenters. The second kappa shape index (κ2) is 5.09. The lowest BCUT2D eigenvalue weighted by Gasteiger charge is -2.34. The normalized spacial score (nSPS) is 26.0. The van der Waals surface area contributed by atoms with E-state index in [9.17, 15) is 21.6 Å². The minimum Gasteiger partial charge on any atom is -0.393 e. The van der Waals surface area contributed by atoms with Crippen molar-refractivity contribution in [1.82, 2.24) is 9.03 Å². The van der Waals surface area contributed by atoms with E-state index in [-0.39, 0.29) is 12.5 Å². The van der Waals surface area contributed by atoms with Gasteiger partial charge < -0.3 is 5.11 Å².